The Morgan fingerprint density at radius 3 is 2.28 bits per heavy atom. The molecular formula is C12H17NO4S. The molecule has 0 bridgehead atoms. The standard InChI is InChI=1S/C12H17NO4S/c1-9(2)12(14)13-11(18(15,16)17)8-10-6-4-3-5-7-10/h3-7,9,11H,8H2,1-2H3,(H,13,14)(H,15,16,17)/t11-/m1/s1. The van der Waals surface area contributed by atoms with E-state index in [1.54, 1.807) is 44.2 Å². The number of benzene rings is 1. The van der Waals surface area contributed by atoms with Crippen molar-refractivity contribution in [2.45, 2.75) is 25.6 Å². The first kappa shape index (κ1) is 14.7. The number of hydrogen-bond acceptors (Lipinski definition) is 3. The van der Waals surface area contributed by atoms with Crippen LogP contribution in [0.15, 0.2) is 30.3 Å². The van der Waals surface area contributed by atoms with Crippen LogP contribution in [0.3, 0.4) is 0 Å². The molecule has 5 nitrogen and oxygen atoms in total. The minimum atomic E-state index is -4.32. The quantitative estimate of drug-likeness (QED) is 0.789. The monoisotopic (exact) mass is 271 g/mol. The predicted octanol–water partition coefficient (Wildman–Crippen LogP) is 1.22. The smallest absolute Gasteiger partial charge is 0.286 e. The molecule has 0 radical (unpaired) electrons. The highest BCUT2D eigenvalue weighted by atomic mass is 32.2. The predicted molar refractivity (Wildman–Crippen MR) is 68.5 cm³/mol. The molecule has 1 aromatic carbocycles. The largest absolute Gasteiger partial charge is 0.337 e. The number of carbonyl (C=O) groups is 1. The Morgan fingerprint density at radius 2 is 1.83 bits per heavy atom. The van der Waals surface area contributed by atoms with Gasteiger partial charge in [-0.3, -0.25) is 9.35 Å². The van der Waals surface area contributed by atoms with Crippen LogP contribution in [0, 0.1) is 5.92 Å². The molecule has 18 heavy (non-hydrogen) atoms. The minimum absolute atomic E-state index is 0.0398. The highest BCUT2D eigenvalue weighted by molar-refractivity contribution is 7.86. The first-order chi connectivity index (χ1) is 8.30. The molecule has 6 heteroatoms. The molecule has 0 aliphatic carbocycles. The topological polar surface area (TPSA) is 83.5 Å². The lowest BCUT2D eigenvalue weighted by molar-refractivity contribution is -0.124. The molecule has 1 atom stereocenters. The highest BCUT2D eigenvalue weighted by Crippen LogP contribution is 2.08. The van der Waals surface area contributed by atoms with E-state index >= 15 is 0 Å². The summed E-state index contributed by atoms with van der Waals surface area (Å²) in [5.41, 5.74) is 0.726. The molecule has 100 valence electrons. The van der Waals surface area contributed by atoms with E-state index in [0.717, 1.165) is 5.56 Å². The van der Waals surface area contributed by atoms with E-state index in [4.69, 9.17) is 4.55 Å². The Labute approximate surface area is 107 Å². The Morgan fingerprint density at radius 1 is 1.28 bits per heavy atom. The van der Waals surface area contributed by atoms with Crippen molar-refractivity contribution in [2.75, 3.05) is 0 Å². The van der Waals surface area contributed by atoms with Gasteiger partial charge in [0.25, 0.3) is 10.1 Å². The maximum absolute atomic E-state index is 11.5. The minimum Gasteiger partial charge on any atom is -0.337 e. The molecule has 0 spiro atoms. The average Bonchev–Trinajstić information content (AvgIpc) is 2.28. The summed E-state index contributed by atoms with van der Waals surface area (Å²) in [5, 5.41) is 1.02. The van der Waals surface area contributed by atoms with E-state index in [9.17, 15) is 13.2 Å². The normalized spacial score (nSPS) is 13.3. The van der Waals surface area contributed by atoms with Crippen LogP contribution in [0.25, 0.3) is 0 Å². The lowest BCUT2D eigenvalue weighted by atomic mass is 10.1. The van der Waals surface area contributed by atoms with Gasteiger partial charge in [-0.15, -0.1) is 0 Å². The molecule has 0 aliphatic heterocycles. The van der Waals surface area contributed by atoms with Gasteiger partial charge in [0.05, 0.1) is 0 Å². The first-order valence-corrected chi connectivity index (χ1v) is 7.11. The molecule has 0 heterocycles. The summed E-state index contributed by atoms with van der Waals surface area (Å²) in [5.74, 6) is -0.751. The number of amides is 1. The summed E-state index contributed by atoms with van der Waals surface area (Å²) in [4.78, 5) is 11.5. The van der Waals surface area contributed by atoms with E-state index in [0.29, 0.717) is 0 Å². The fourth-order valence-corrected chi connectivity index (χ4v) is 2.05. The maximum atomic E-state index is 11.5. The van der Waals surface area contributed by atoms with Crippen molar-refractivity contribution in [3.63, 3.8) is 0 Å². The van der Waals surface area contributed by atoms with Crippen molar-refractivity contribution in [1.29, 1.82) is 0 Å². The molecule has 1 amide bonds. The fraction of sp³-hybridized carbons (Fsp3) is 0.417. The molecule has 0 aliphatic rings. The Kier molecular flexibility index (Phi) is 4.86. The summed E-state index contributed by atoms with van der Waals surface area (Å²) < 4.78 is 31.6. The van der Waals surface area contributed by atoms with Gasteiger partial charge in [0.15, 0.2) is 5.37 Å². The van der Waals surface area contributed by atoms with Gasteiger partial charge in [-0.2, -0.15) is 8.42 Å². The summed E-state index contributed by atoms with van der Waals surface area (Å²) in [6.07, 6.45) is 0.0398. The zero-order valence-electron chi connectivity index (χ0n) is 10.3. The number of carbonyl (C=O) groups excluding carboxylic acids is 1. The van der Waals surface area contributed by atoms with Crippen LogP contribution in [0.2, 0.25) is 0 Å². The highest BCUT2D eigenvalue weighted by Gasteiger charge is 2.26. The van der Waals surface area contributed by atoms with Gasteiger partial charge in [-0.05, 0) is 5.56 Å². The van der Waals surface area contributed by atoms with E-state index in [1.165, 1.54) is 0 Å². The average molecular weight is 271 g/mol. The molecule has 0 fully saturated rings. The van der Waals surface area contributed by atoms with Crippen molar-refractivity contribution in [3.05, 3.63) is 35.9 Å². The molecule has 1 rings (SSSR count). The van der Waals surface area contributed by atoms with Gasteiger partial charge in [-0.25, -0.2) is 0 Å². The van der Waals surface area contributed by atoms with Crippen molar-refractivity contribution >= 4 is 16.0 Å². The molecule has 0 saturated carbocycles. The molecule has 1 aromatic rings. The second kappa shape index (κ2) is 5.97. The van der Waals surface area contributed by atoms with Crippen LogP contribution in [0.5, 0.6) is 0 Å². The van der Waals surface area contributed by atoms with Crippen molar-refractivity contribution in [1.82, 2.24) is 5.32 Å². The molecular weight excluding hydrogens is 254 g/mol. The van der Waals surface area contributed by atoms with Crippen LogP contribution < -0.4 is 5.32 Å². The van der Waals surface area contributed by atoms with E-state index in [1.807, 2.05) is 0 Å². The molecule has 0 unspecified atom stereocenters. The van der Waals surface area contributed by atoms with Crippen molar-refractivity contribution < 1.29 is 17.8 Å². The van der Waals surface area contributed by atoms with Gasteiger partial charge in [0.2, 0.25) is 5.91 Å². The number of nitrogens with one attached hydrogen (secondary N) is 1. The second-order valence-electron chi connectivity index (χ2n) is 4.36. The van der Waals surface area contributed by atoms with Gasteiger partial charge in [0, 0.05) is 12.3 Å². The van der Waals surface area contributed by atoms with Crippen LogP contribution in [0.1, 0.15) is 19.4 Å². The van der Waals surface area contributed by atoms with Crippen LogP contribution in [-0.2, 0) is 21.3 Å². The molecule has 0 saturated heterocycles. The van der Waals surface area contributed by atoms with Crippen molar-refractivity contribution in [3.8, 4) is 0 Å². The lowest BCUT2D eigenvalue weighted by Gasteiger charge is -2.17. The van der Waals surface area contributed by atoms with E-state index in [-0.39, 0.29) is 12.3 Å². The third-order valence-electron chi connectivity index (χ3n) is 2.45. The van der Waals surface area contributed by atoms with Crippen LogP contribution in [-0.4, -0.2) is 24.3 Å². The Hall–Kier alpha value is -1.40. The lowest BCUT2D eigenvalue weighted by Crippen LogP contribution is -2.43. The SMILES string of the molecule is CC(C)C(=O)N[C@@H](Cc1ccccc1)S(=O)(=O)O. The van der Waals surface area contributed by atoms with Gasteiger partial charge in [0.1, 0.15) is 0 Å². The number of rotatable bonds is 5. The fourth-order valence-electron chi connectivity index (χ4n) is 1.38. The van der Waals surface area contributed by atoms with E-state index in [2.05, 4.69) is 5.32 Å². The van der Waals surface area contributed by atoms with Gasteiger partial charge < -0.3 is 5.32 Å². The summed E-state index contributed by atoms with van der Waals surface area (Å²) in [6, 6.07) is 8.80. The van der Waals surface area contributed by atoms with E-state index < -0.39 is 21.4 Å². The Balaban J connectivity index is 2.84. The summed E-state index contributed by atoms with van der Waals surface area (Å²) in [6.45, 7) is 3.30. The number of hydrogen-bond donors (Lipinski definition) is 2. The third-order valence-corrected chi connectivity index (χ3v) is 3.45. The van der Waals surface area contributed by atoms with Gasteiger partial charge >= 0.3 is 0 Å². The molecule has 0 aromatic heterocycles. The zero-order chi connectivity index (χ0) is 13.8. The first-order valence-electron chi connectivity index (χ1n) is 5.61. The second-order valence-corrected chi connectivity index (χ2v) is 5.96. The van der Waals surface area contributed by atoms with Crippen LogP contribution in [0.4, 0.5) is 0 Å². The maximum Gasteiger partial charge on any atom is 0.286 e. The zero-order valence-corrected chi connectivity index (χ0v) is 11.1. The molecule has 2 N–H and O–H groups in total. The Bertz CT molecular complexity index is 496. The van der Waals surface area contributed by atoms with Gasteiger partial charge in [-0.1, -0.05) is 44.2 Å². The summed E-state index contributed by atoms with van der Waals surface area (Å²) >= 11 is 0. The van der Waals surface area contributed by atoms with Crippen molar-refractivity contribution in [2.24, 2.45) is 5.92 Å². The summed E-state index contributed by atoms with van der Waals surface area (Å²) in [7, 11) is -4.32. The third kappa shape index (κ3) is 4.46. The van der Waals surface area contributed by atoms with Crippen LogP contribution >= 0.6 is 0 Å².